The van der Waals surface area contributed by atoms with Crippen LogP contribution < -0.4 is 10.6 Å². The minimum atomic E-state index is -1.35. The van der Waals surface area contributed by atoms with Gasteiger partial charge in [-0.3, -0.25) is 9.59 Å². The third kappa shape index (κ3) is 5.09. The zero-order valence-electron chi connectivity index (χ0n) is 16.5. The predicted octanol–water partition coefficient (Wildman–Crippen LogP) is 7.05. The average Bonchev–Trinajstić information content (AvgIpc) is 3.31. The van der Waals surface area contributed by atoms with Crippen molar-refractivity contribution in [2.45, 2.75) is 10.3 Å². The van der Waals surface area contributed by atoms with Crippen LogP contribution in [0.4, 0.5) is 20.2 Å². The summed E-state index contributed by atoms with van der Waals surface area (Å²) in [4.78, 5) is 25.3. The number of anilines is 2. The van der Waals surface area contributed by atoms with Crippen molar-refractivity contribution < 1.29 is 18.4 Å². The minimum Gasteiger partial charge on any atom is -0.326 e. The third-order valence-electron chi connectivity index (χ3n) is 5.15. The van der Waals surface area contributed by atoms with E-state index in [1.807, 2.05) is 0 Å². The lowest BCUT2D eigenvalue weighted by Crippen LogP contribution is -2.18. The molecule has 0 aromatic heterocycles. The molecule has 170 valence electrons. The molecule has 33 heavy (non-hydrogen) atoms. The van der Waals surface area contributed by atoms with Crippen molar-refractivity contribution >= 4 is 69.6 Å². The van der Waals surface area contributed by atoms with Gasteiger partial charge in [0, 0.05) is 33.3 Å². The van der Waals surface area contributed by atoms with Gasteiger partial charge in [0.05, 0.1) is 11.6 Å². The highest BCUT2D eigenvalue weighted by atomic mass is 35.5. The molecule has 0 heterocycles. The smallest absolute Gasteiger partial charge is 0.255 e. The van der Waals surface area contributed by atoms with Gasteiger partial charge >= 0.3 is 0 Å². The van der Waals surface area contributed by atoms with Crippen LogP contribution in [0.2, 0.25) is 10.0 Å². The Bertz CT molecular complexity index is 1250. The number of rotatable bonds is 5. The topological polar surface area (TPSA) is 58.2 Å². The Labute approximate surface area is 207 Å². The zero-order valence-corrected chi connectivity index (χ0v) is 19.5. The van der Waals surface area contributed by atoms with E-state index in [9.17, 15) is 18.4 Å². The summed E-state index contributed by atoms with van der Waals surface area (Å²) in [7, 11) is 0. The second-order valence-corrected chi connectivity index (χ2v) is 9.80. The highest BCUT2D eigenvalue weighted by Gasteiger charge is 2.67. The van der Waals surface area contributed by atoms with Crippen LogP contribution in [0.1, 0.15) is 21.8 Å². The molecule has 3 aromatic rings. The molecule has 0 unspecified atom stereocenters. The summed E-state index contributed by atoms with van der Waals surface area (Å²) in [6, 6.07) is 13.7. The number of halogens is 6. The summed E-state index contributed by atoms with van der Waals surface area (Å²) < 4.78 is 25.5. The van der Waals surface area contributed by atoms with E-state index in [0.29, 0.717) is 27.4 Å². The monoisotopic (exact) mass is 528 g/mol. The number of carbonyl (C=O) groups is 2. The van der Waals surface area contributed by atoms with E-state index in [1.54, 1.807) is 30.3 Å². The molecule has 1 aliphatic carbocycles. The van der Waals surface area contributed by atoms with Crippen molar-refractivity contribution in [1.82, 2.24) is 0 Å². The van der Waals surface area contributed by atoms with Crippen LogP contribution in [0, 0.1) is 17.6 Å². The van der Waals surface area contributed by atoms with Gasteiger partial charge in [0.1, 0.15) is 16.0 Å². The van der Waals surface area contributed by atoms with Gasteiger partial charge in [0.2, 0.25) is 5.91 Å². The molecule has 0 radical (unpaired) electrons. The second-order valence-electron chi connectivity index (χ2n) is 7.48. The number of amides is 2. The summed E-state index contributed by atoms with van der Waals surface area (Å²) in [6.07, 6.45) is 0. The fourth-order valence-corrected chi connectivity index (χ4v) is 4.94. The van der Waals surface area contributed by atoms with Gasteiger partial charge in [0.25, 0.3) is 5.91 Å². The lowest BCUT2D eigenvalue weighted by Gasteiger charge is -2.09. The SMILES string of the molecule is O=C(Nc1ccc(F)cc1F)c1cccc(NC(=O)[C@@H]2[C@@H](c3cc(Cl)cc(Cl)c3)C2(Cl)Cl)c1. The Hall–Kier alpha value is -2.38. The summed E-state index contributed by atoms with van der Waals surface area (Å²) in [5.74, 6) is -4.06. The number of carbonyl (C=O) groups excluding carboxylic acids is 2. The van der Waals surface area contributed by atoms with E-state index in [-0.39, 0.29) is 11.3 Å². The molecular weight excluding hydrogens is 516 g/mol. The van der Waals surface area contributed by atoms with E-state index in [1.165, 1.54) is 12.1 Å². The number of nitrogens with one attached hydrogen (secondary N) is 2. The summed E-state index contributed by atoms with van der Waals surface area (Å²) in [5.41, 5.74) is 0.914. The molecule has 2 amide bonds. The third-order valence-corrected chi connectivity index (χ3v) is 6.53. The molecule has 3 aromatic carbocycles. The Morgan fingerprint density at radius 1 is 0.879 bits per heavy atom. The van der Waals surface area contributed by atoms with Crippen LogP contribution in [-0.2, 0) is 4.79 Å². The Kier molecular flexibility index (Phi) is 6.56. The number of alkyl halides is 2. The molecule has 1 aliphatic rings. The van der Waals surface area contributed by atoms with Gasteiger partial charge in [0.15, 0.2) is 0 Å². The first-order chi connectivity index (χ1) is 15.6. The lowest BCUT2D eigenvalue weighted by atomic mass is 10.1. The molecule has 0 bridgehead atoms. The molecule has 2 atom stereocenters. The van der Waals surface area contributed by atoms with Crippen LogP contribution in [0.5, 0.6) is 0 Å². The maximum Gasteiger partial charge on any atom is 0.255 e. The maximum absolute atomic E-state index is 13.8. The van der Waals surface area contributed by atoms with E-state index in [0.717, 1.165) is 12.1 Å². The van der Waals surface area contributed by atoms with Gasteiger partial charge in [-0.25, -0.2) is 8.78 Å². The standard InChI is InChI=1S/C23H14Cl4F2N2O2/c24-13-6-12(7-14(25)9-13)19-20(23(19,26)27)22(33)30-16-3-1-2-11(8-16)21(32)31-18-5-4-15(28)10-17(18)29/h1-10,19-20H,(H,30,33)(H,31,32)/t19-,20+/m1/s1. The molecule has 1 fully saturated rings. The summed E-state index contributed by atoms with van der Waals surface area (Å²) in [5, 5.41) is 5.84. The van der Waals surface area contributed by atoms with Crippen molar-refractivity contribution in [2.24, 2.45) is 5.92 Å². The van der Waals surface area contributed by atoms with Crippen molar-refractivity contribution in [3.8, 4) is 0 Å². The second kappa shape index (κ2) is 9.11. The first kappa shape index (κ1) is 23.8. The molecule has 4 nitrogen and oxygen atoms in total. The van der Waals surface area contributed by atoms with Crippen molar-refractivity contribution in [2.75, 3.05) is 10.6 Å². The summed E-state index contributed by atoms with van der Waals surface area (Å²) in [6.45, 7) is 0. The molecule has 2 N–H and O–H groups in total. The number of hydrogen-bond donors (Lipinski definition) is 2. The highest BCUT2D eigenvalue weighted by molar-refractivity contribution is 6.53. The van der Waals surface area contributed by atoms with Gasteiger partial charge in [-0.15, -0.1) is 23.2 Å². The Balaban J connectivity index is 1.48. The zero-order chi connectivity index (χ0) is 23.9. The van der Waals surface area contributed by atoms with E-state index < -0.39 is 39.6 Å². The largest absolute Gasteiger partial charge is 0.326 e. The molecular formula is C23H14Cl4F2N2O2. The molecule has 0 spiro atoms. The molecule has 0 aliphatic heterocycles. The minimum absolute atomic E-state index is 0.147. The normalized spacial score (nSPS) is 18.5. The first-order valence-corrected chi connectivity index (χ1v) is 11.1. The van der Waals surface area contributed by atoms with Gasteiger partial charge in [-0.2, -0.15) is 0 Å². The van der Waals surface area contributed by atoms with Crippen LogP contribution in [0.25, 0.3) is 0 Å². The van der Waals surface area contributed by atoms with Crippen LogP contribution in [0.3, 0.4) is 0 Å². The number of hydrogen-bond acceptors (Lipinski definition) is 2. The Morgan fingerprint density at radius 3 is 2.24 bits per heavy atom. The molecule has 4 rings (SSSR count). The van der Waals surface area contributed by atoms with Crippen molar-refractivity contribution in [3.05, 3.63) is 93.5 Å². The summed E-state index contributed by atoms with van der Waals surface area (Å²) >= 11 is 24.8. The quantitative estimate of drug-likeness (QED) is 0.348. The van der Waals surface area contributed by atoms with Gasteiger partial charge < -0.3 is 10.6 Å². The van der Waals surface area contributed by atoms with E-state index >= 15 is 0 Å². The molecule has 10 heteroatoms. The average molecular weight is 530 g/mol. The van der Waals surface area contributed by atoms with E-state index in [4.69, 9.17) is 46.4 Å². The van der Waals surface area contributed by atoms with Crippen LogP contribution >= 0.6 is 46.4 Å². The molecule has 0 saturated heterocycles. The van der Waals surface area contributed by atoms with E-state index in [2.05, 4.69) is 10.6 Å². The Morgan fingerprint density at radius 2 is 1.58 bits per heavy atom. The fourth-order valence-electron chi connectivity index (χ4n) is 3.57. The molecule has 1 saturated carbocycles. The van der Waals surface area contributed by atoms with Crippen LogP contribution in [-0.4, -0.2) is 16.1 Å². The first-order valence-electron chi connectivity index (χ1n) is 9.57. The predicted molar refractivity (Wildman–Crippen MR) is 127 cm³/mol. The fraction of sp³-hybridized carbons (Fsp3) is 0.130. The lowest BCUT2D eigenvalue weighted by molar-refractivity contribution is -0.117. The number of benzene rings is 3. The van der Waals surface area contributed by atoms with Crippen molar-refractivity contribution in [1.29, 1.82) is 0 Å². The van der Waals surface area contributed by atoms with Gasteiger partial charge in [-0.1, -0.05) is 29.3 Å². The van der Waals surface area contributed by atoms with Crippen molar-refractivity contribution in [3.63, 3.8) is 0 Å². The van der Waals surface area contributed by atoms with Crippen LogP contribution in [0.15, 0.2) is 60.7 Å². The maximum atomic E-state index is 13.8. The highest BCUT2D eigenvalue weighted by Crippen LogP contribution is 2.65. The van der Waals surface area contributed by atoms with Gasteiger partial charge in [-0.05, 0) is 54.1 Å².